The molecule has 0 fully saturated rings. The molecule has 0 unspecified atom stereocenters. The first-order chi connectivity index (χ1) is 5.29. The van der Waals surface area contributed by atoms with E-state index in [-0.39, 0.29) is 32.9 Å². The van der Waals surface area contributed by atoms with Gasteiger partial charge < -0.3 is 10.2 Å². The summed E-state index contributed by atoms with van der Waals surface area (Å²) in [6.45, 7) is 9.20. The van der Waals surface area contributed by atoms with Crippen LogP contribution >= 0.6 is 0 Å². The van der Waals surface area contributed by atoms with Crippen LogP contribution in [0.1, 0.15) is 13.8 Å². The van der Waals surface area contributed by atoms with Gasteiger partial charge in [-0.2, -0.15) is 0 Å². The van der Waals surface area contributed by atoms with Gasteiger partial charge in [-0.1, -0.05) is 13.2 Å². The van der Waals surface area contributed by atoms with Crippen LogP contribution in [-0.4, -0.2) is 22.2 Å². The number of hydrogen-bond donors (Lipinski definition) is 2. The monoisotopic (exact) mass is 220 g/mol. The Morgan fingerprint density at radius 3 is 1.00 bits per heavy atom. The van der Waals surface area contributed by atoms with Gasteiger partial charge in [0.1, 0.15) is 0 Å². The van der Waals surface area contributed by atoms with Crippen molar-refractivity contribution in [2.45, 2.75) is 13.8 Å². The van der Waals surface area contributed by atoms with Crippen LogP contribution in [0.15, 0.2) is 24.3 Å². The van der Waals surface area contributed by atoms with Crippen LogP contribution in [0, 0.1) is 0 Å². The zero-order valence-electron chi connectivity index (χ0n) is 7.63. The molecule has 0 saturated heterocycles. The Labute approximate surface area is 91.8 Å². The van der Waals surface area contributed by atoms with E-state index in [0.29, 0.717) is 0 Å². The number of rotatable bonds is 2. The Hall–Kier alpha value is -0.866. The molecule has 0 aliphatic carbocycles. The van der Waals surface area contributed by atoms with Crippen molar-refractivity contribution in [1.29, 1.82) is 0 Å². The molecule has 0 heterocycles. The molecule has 72 valence electrons. The zero-order chi connectivity index (χ0) is 10.3. The second-order valence-corrected chi connectivity index (χ2v) is 2.17. The molecule has 0 atom stereocenters. The molecular formula is C8H12O4Ti. The van der Waals surface area contributed by atoms with Crippen LogP contribution in [0.3, 0.4) is 0 Å². The summed E-state index contributed by atoms with van der Waals surface area (Å²) in [6, 6.07) is 0. The van der Waals surface area contributed by atoms with Gasteiger partial charge >= 0.3 is 11.9 Å². The molecule has 0 spiro atoms. The summed E-state index contributed by atoms with van der Waals surface area (Å²) in [5.41, 5.74) is 0.352. The number of carboxylic acids is 2. The minimum atomic E-state index is -0.935. The van der Waals surface area contributed by atoms with Gasteiger partial charge in [-0.05, 0) is 13.8 Å². The van der Waals surface area contributed by atoms with Gasteiger partial charge in [0.05, 0.1) is 0 Å². The van der Waals surface area contributed by atoms with Gasteiger partial charge in [-0.25, -0.2) is 9.59 Å². The van der Waals surface area contributed by atoms with E-state index in [0.717, 1.165) is 0 Å². The maximum absolute atomic E-state index is 9.60. The molecule has 0 aromatic rings. The summed E-state index contributed by atoms with van der Waals surface area (Å²) in [4.78, 5) is 19.2. The van der Waals surface area contributed by atoms with Crippen LogP contribution in [0.2, 0.25) is 0 Å². The van der Waals surface area contributed by atoms with E-state index in [2.05, 4.69) is 13.2 Å². The first kappa shape index (κ1) is 18.0. The van der Waals surface area contributed by atoms with Crippen LogP contribution < -0.4 is 0 Å². The Balaban J connectivity index is -0.000000143. The van der Waals surface area contributed by atoms with Gasteiger partial charge in [0, 0.05) is 32.9 Å². The molecule has 2 N–H and O–H groups in total. The molecule has 5 heteroatoms. The van der Waals surface area contributed by atoms with Crippen molar-refractivity contribution in [3.8, 4) is 0 Å². The van der Waals surface area contributed by atoms with Crippen molar-refractivity contribution in [2.24, 2.45) is 0 Å². The van der Waals surface area contributed by atoms with Crippen LogP contribution in [0.4, 0.5) is 0 Å². The summed E-state index contributed by atoms with van der Waals surface area (Å²) < 4.78 is 0. The molecule has 13 heavy (non-hydrogen) atoms. The fourth-order valence-corrected chi connectivity index (χ4v) is 0. The standard InChI is InChI=1S/2C4H6O2.Ti/c2*1-3(2)4(5)6;/h2*1H2,2H3,(H,5,6);. The fraction of sp³-hybridized carbons (Fsp3) is 0.250. The molecule has 0 radical (unpaired) electrons. The van der Waals surface area contributed by atoms with Gasteiger partial charge in [0.15, 0.2) is 0 Å². The van der Waals surface area contributed by atoms with Crippen LogP contribution in [0.5, 0.6) is 0 Å². The summed E-state index contributed by atoms with van der Waals surface area (Å²) in [7, 11) is 0. The van der Waals surface area contributed by atoms with Crippen LogP contribution in [-0.2, 0) is 31.3 Å². The molecule has 0 amide bonds. The number of hydrogen-bond acceptors (Lipinski definition) is 2. The fourth-order valence-electron chi connectivity index (χ4n) is 0. The van der Waals surface area contributed by atoms with Gasteiger partial charge in [-0.3, -0.25) is 0 Å². The minimum absolute atomic E-state index is 0. The maximum atomic E-state index is 9.60. The van der Waals surface area contributed by atoms with E-state index < -0.39 is 11.9 Å². The minimum Gasteiger partial charge on any atom is -0.478 e. The Bertz CT molecular complexity index is 172. The van der Waals surface area contributed by atoms with E-state index in [9.17, 15) is 9.59 Å². The van der Waals surface area contributed by atoms with E-state index in [1.165, 1.54) is 13.8 Å². The average molecular weight is 220 g/mol. The Kier molecular flexibility index (Phi) is 12.8. The van der Waals surface area contributed by atoms with Crippen molar-refractivity contribution >= 4 is 11.9 Å². The maximum Gasteiger partial charge on any atom is 0.330 e. The van der Waals surface area contributed by atoms with E-state index in [1.807, 2.05) is 0 Å². The van der Waals surface area contributed by atoms with Crippen molar-refractivity contribution in [3.63, 3.8) is 0 Å². The van der Waals surface area contributed by atoms with Gasteiger partial charge in [-0.15, -0.1) is 0 Å². The number of carboxylic acid groups (broad SMARTS) is 2. The molecule has 0 aliphatic heterocycles. The largest absolute Gasteiger partial charge is 0.478 e. The third-order valence-electron chi connectivity index (χ3n) is 0.730. The number of carbonyl (C=O) groups is 2. The van der Waals surface area contributed by atoms with Gasteiger partial charge in [0.25, 0.3) is 0 Å². The second kappa shape index (κ2) is 9.22. The molecule has 0 bridgehead atoms. The summed E-state index contributed by atoms with van der Waals surface area (Å²) in [5.74, 6) is -1.87. The third-order valence-corrected chi connectivity index (χ3v) is 0.730. The molecule has 0 saturated carbocycles. The van der Waals surface area contributed by atoms with Crippen molar-refractivity contribution in [2.75, 3.05) is 0 Å². The molecule has 0 aliphatic rings. The van der Waals surface area contributed by atoms with Crippen molar-refractivity contribution < 1.29 is 41.5 Å². The second-order valence-electron chi connectivity index (χ2n) is 2.17. The average Bonchev–Trinajstić information content (AvgIpc) is 1.88. The topological polar surface area (TPSA) is 74.6 Å². The first-order valence-corrected chi connectivity index (χ1v) is 3.06. The summed E-state index contributed by atoms with van der Waals surface area (Å²) >= 11 is 0. The predicted molar refractivity (Wildman–Crippen MR) is 44.9 cm³/mol. The smallest absolute Gasteiger partial charge is 0.330 e. The van der Waals surface area contributed by atoms with Gasteiger partial charge in [0.2, 0.25) is 0 Å². The molecule has 4 nitrogen and oxygen atoms in total. The van der Waals surface area contributed by atoms with Crippen LogP contribution in [0.25, 0.3) is 0 Å². The molecule has 0 aromatic carbocycles. The first-order valence-electron chi connectivity index (χ1n) is 3.06. The Morgan fingerprint density at radius 2 is 1.00 bits per heavy atom. The normalized spacial score (nSPS) is 6.92. The summed E-state index contributed by atoms with van der Waals surface area (Å²) in [6.07, 6.45) is 0. The zero-order valence-corrected chi connectivity index (χ0v) is 9.19. The molecular weight excluding hydrogens is 208 g/mol. The van der Waals surface area contributed by atoms with E-state index in [1.54, 1.807) is 0 Å². The van der Waals surface area contributed by atoms with E-state index >= 15 is 0 Å². The third kappa shape index (κ3) is 18.3. The summed E-state index contributed by atoms with van der Waals surface area (Å²) in [5, 5.41) is 15.8. The SMILES string of the molecule is C=C(C)C(=O)O.C=C(C)C(=O)O.[Ti]. The molecule has 0 rings (SSSR count). The number of aliphatic carboxylic acids is 2. The molecule has 0 aromatic heterocycles. The predicted octanol–water partition coefficient (Wildman–Crippen LogP) is 1.29. The quantitative estimate of drug-likeness (QED) is 0.543. The van der Waals surface area contributed by atoms with Crippen molar-refractivity contribution in [1.82, 2.24) is 0 Å². The Morgan fingerprint density at radius 1 is 0.923 bits per heavy atom. The van der Waals surface area contributed by atoms with E-state index in [4.69, 9.17) is 10.2 Å². The van der Waals surface area contributed by atoms with Crippen molar-refractivity contribution in [3.05, 3.63) is 24.3 Å².